The Bertz CT molecular complexity index is 804. The van der Waals surface area contributed by atoms with Gasteiger partial charge in [0.1, 0.15) is 0 Å². The molecule has 0 aliphatic rings. The summed E-state index contributed by atoms with van der Waals surface area (Å²) in [5, 5.41) is 17.2. The summed E-state index contributed by atoms with van der Waals surface area (Å²) in [5.41, 5.74) is 4.32. The van der Waals surface area contributed by atoms with Crippen molar-refractivity contribution in [2.45, 2.75) is 19.3 Å². The number of aliphatic carboxylic acids is 1. The zero-order chi connectivity index (χ0) is 19.5. The van der Waals surface area contributed by atoms with Crippen LogP contribution in [0.25, 0.3) is 0 Å². The molecule has 7 nitrogen and oxygen atoms in total. The number of hydrogen-bond acceptors (Lipinski definition) is 5. The summed E-state index contributed by atoms with van der Waals surface area (Å²) in [6, 6.07) is 18.1. The van der Waals surface area contributed by atoms with E-state index in [9.17, 15) is 19.5 Å². The lowest BCUT2D eigenvalue weighted by atomic mass is 10.1. The highest BCUT2D eigenvalue weighted by Gasteiger charge is 2.08. The van der Waals surface area contributed by atoms with Gasteiger partial charge in [0.2, 0.25) is 5.91 Å². The van der Waals surface area contributed by atoms with Crippen molar-refractivity contribution in [1.82, 2.24) is 10.7 Å². The first-order chi connectivity index (χ1) is 13.0. The number of nitrogens with zero attached hydrogens (tertiary/aromatic N) is 1. The molecule has 27 heavy (non-hydrogen) atoms. The molecule has 2 amide bonds. The first-order valence-electron chi connectivity index (χ1n) is 8.46. The van der Waals surface area contributed by atoms with Crippen LogP contribution in [0, 0.1) is 0 Å². The van der Waals surface area contributed by atoms with E-state index in [1.807, 2.05) is 36.4 Å². The highest BCUT2D eigenvalue weighted by molar-refractivity contribution is 6.02. The zero-order valence-electron chi connectivity index (χ0n) is 14.7. The van der Waals surface area contributed by atoms with Gasteiger partial charge in [0.25, 0.3) is 5.91 Å². The van der Waals surface area contributed by atoms with Gasteiger partial charge >= 0.3 is 0 Å². The highest BCUT2D eigenvalue weighted by Crippen LogP contribution is 2.06. The minimum atomic E-state index is -1.20. The van der Waals surface area contributed by atoms with Crippen LogP contribution in [0.15, 0.2) is 65.8 Å². The van der Waals surface area contributed by atoms with Crippen molar-refractivity contribution in [2.24, 2.45) is 5.10 Å². The van der Waals surface area contributed by atoms with Crippen LogP contribution in [0.1, 0.15) is 24.0 Å². The van der Waals surface area contributed by atoms with Gasteiger partial charge < -0.3 is 15.2 Å². The van der Waals surface area contributed by atoms with Crippen molar-refractivity contribution >= 4 is 23.5 Å². The smallest absolute Gasteiger partial charge is 0.259 e. The predicted octanol–water partition coefficient (Wildman–Crippen LogP) is 0.396. The minimum absolute atomic E-state index is 0.118. The van der Waals surface area contributed by atoms with Gasteiger partial charge in [0.15, 0.2) is 0 Å². The fraction of sp³-hybridized carbons (Fsp3) is 0.200. The van der Waals surface area contributed by atoms with Crippen molar-refractivity contribution in [3.8, 4) is 0 Å². The number of rotatable bonds is 9. The molecule has 0 aliphatic heterocycles. The van der Waals surface area contributed by atoms with E-state index >= 15 is 0 Å². The Balaban J connectivity index is 1.87. The third-order valence-corrected chi connectivity index (χ3v) is 3.64. The van der Waals surface area contributed by atoms with Gasteiger partial charge in [-0.3, -0.25) is 9.59 Å². The molecule has 0 fully saturated rings. The normalized spacial score (nSPS) is 10.9. The van der Waals surface area contributed by atoms with E-state index in [-0.39, 0.29) is 31.7 Å². The summed E-state index contributed by atoms with van der Waals surface area (Å²) in [6.07, 6.45) is 0.0860. The van der Waals surface area contributed by atoms with Gasteiger partial charge in [-0.25, -0.2) is 5.43 Å². The number of carboxylic acids is 1. The second-order valence-electron chi connectivity index (χ2n) is 5.77. The standard InChI is InChI=1S/C20H21N3O4/c24-18(13-15-7-3-1-4-8-15)21-14-19(25)23-22-17(11-12-20(26)27)16-9-5-2-6-10-16/h1-10H,11-14H2,(H,21,24)(H,23,25)(H,26,27)/p-1/b22-17+. The first kappa shape index (κ1) is 19.8. The Morgan fingerprint density at radius 1 is 0.852 bits per heavy atom. The number of carbonyl (C=O) groups is 3. The van der Waals surface area contributed by atoms with Gasteiger partial charge in [-0.2, -0.15) is 5.10 Å². The quantitative estimate of drug-likeness (QED) is 0.494. The van der Waals surface area contributed by atoms with Crippen LogP contribution in [-0.2, 0) is 20.8 Å². The van der Waals surface area contributed by atoms with Crippen molar-refractivity contribution in [3.05, 3.63) is 71.8 Å². The highest BCUT2D eigenvalue weighted by atomic mass is 16.4. The van der Waals surface area contributed by atoms with Crippen molar-refractivity contribution in [3.63, 3.8) is 0 Å². The summed E-state index contributed by atoms with van der Waals surface area (Å²) in [5.74, 6) is -1.98. The summed E-state index contributed by atoms with van der Waals surface area (Å²) in [6.45, 7) is -0.224. The number of carboxylic acid groups (broad SMARTS) is 1. The number of nitrogens with one attached hydrogen (secondary N) is 2. The van der Waals surface area contributed by atoms with Gasteiger partial charge in [0.05, 0.1) is 18.7 Å². The third-order valence-electron chi connectivity index (χ3n) is 3.64. The van der Waals surface area contributed by atoms with E-state index in [1.54, 1.807) is 24.3 Å². The molecule has 0 spiro atoms. The lowest BCUT2D eigenvalue weighted by Crippen LogP contribution is -2.36. The van der Waals surface area contributed by atoms with Gasteiger partial charge in [-0.15, -0.1) is 0 Å². The van der Waals surface area contributed by atoms with Crippen molar-refractivity contribution in [2.75, 3.05) is 6.54 Å². The van der Waals surface area contributed by atoms with E-state index in [2.05, 4.69) is 15.8 Å². The molecule has 7 heteroatoms. The zero-order valence-corrected chi connectivity index (χ0v) is 14.7. The average Bonchev–Trinajstić information content (AvgIpc) is 2.67. The van der Waals surface area contributed by atoms with Gasteiger partial charge in [-0.05, 0) is 24.0 Å². The molecule has 0 saturated carbocycles. The van der Waals surface area contributed by atoms with E-state index in [0.717, 1.165) is 5.56 Å². The van der Waals surface area contributed by atoms with Crippen LogP contribution >= 0.6 is 0 Å². The third kappa shape index (κ3) is 7.52. The Morgan fingerprint density at radius 2 is 1.48 bits per heavy atom. The summed E-state index contributed by atoms with van der Waals surface area (Å²) >= 11 is 0. The predicted molar refractivity (Wildman–Crippen MR) is 98.5 cm³/mol. The van der Waals surface area contributed by atoms with Gasteiger partial charge in [-0.1, -0.05) is 60.7 Å². The fourth-order valence-electron chi connectivity index (χ4n) is 2.31. The van der Waals surface area contributed by atoms with Crippen molar-refractivity contribution in [1.29, 1.82) is 0 Å². The molecule has 0 atom stereocenters. The van der Waals surface area contributed by atoms with Crippen LogP contribution in [0.2, 0.25) is 0 Å². The molecule has 0 aliphatic carbocycles. The monoisotopic (exact) mass is 366 g/mol. The van der Waals surface area contributed by atoms with Gasteiger partial charge in [0, 0.05) is 5.97 Å². The SMILES string of the molecule is O=C([O-])CC/C(=N\NC(=O)CNC(=O)Cc1ccccc1)c1ccccc1. The number of carbonyl (C=O) groups excluding carboxylic acids is 3. The molecule has 2 rings (SSSR count). The maximum absolute atomic E-state index is 11.9. The van der Waals surface area contributed by atoms with Crippen LogP contribution in [0.5, 0.6) is 0 Å². The molecular formula is C20H20N3O4-. The summed E-state index contributed by atoms with van der Waals surface area (Å²) in [7, 11) is 0. The molecule has 2 aromatic carbocycles. The molecule has 2 aromatic rings. The van der Waals surface area contributed by atoms with E-state index in [4.69, 9.17) is 0 Å². The average molecular weight is 366 g/mol. The number of hydrogen-bond donors (Lipinski definition) is 2. The summed E-state index contributed by atoms with van der Waals surface area (Å²) < 4.78 is 0. The van der Waals surface area contributed by atoms with Crippen LogP contribution in [0.3, 0.4) is 0 Å². The maximum Gasteiger partial charge on any atom is 0.259 e. The Kier molecular flexibility index (Phi) is 7.71. The van der Waals surface area contributed by atoms with E-state index < -0.39 is 11.9 Å². The topological polar surface area (TPSA) is 111 Å². The van der Waals surface area contributed by atoms with Crippen LogP contribution in [-0.4, -0.2) is 30.0 Å². The number of benzene rings is 2. The Labute approximate surface area is 157 Å². The maximum atomic E-state index is 11.9. The number of amides is 2. The lowest BCUT2D eigenvalue weighted by molar-refractivity contribution is -0.305. The molecule has 140 valence electrons. The molecule has 0 unspecified atom stereocenters. The first-order valence-corrected chi connectivity index (χ1v) is 8.46. The molecule has 0 bridgehead atoms. The molecule has 0 aromatic heterocycles. The second kappa shape index (κ2) is 10.5. The largest absolute Gasteiger partial charge is 0.550 e. The Morgan fingerprint density at radius 3 is 2.11 bits per heavy atom. The van der Waals surface area contributed by atoms with Crippen LogP contribution < -0.4 is 15.8 Å². The number of hydrazone groups is 1. The molecule has 0 radical (unpaired) electrons. The van der Waals surface area contributed by atoms with E-state index in [0.29, 0.717) is 11.3 Å². The molecule has 2 N–H and O–H groups in total. The van der Waals surface area contributed by atoms with E-state index in [1.165, 1.54) is 0 Å². The lowest BCUT2D eigenvalue weighted by Gasteiger charge is -2.09. The summed E-state index contributed by atoms with van der Waals surface area (Å²) in [4.78, 5) is 34.5. The van der Waals surface area contributed by atoms with Crippen molar-refractivity contribution < 1.29 is 19.5 Å². The van der Waals surface area contributed by atoms with Crippen LogP contribution in [0.4, 0.5) is 0 Å². The Hall–Kier alpha value is -3.48. The fourth-order valence-corrected chi connectivity index (χ4v) is 2.31. The molecule has 0 heterocycles. The molecular weight excluding hydrogens is 346 g/mol. The molecule has 0 saturated heterocycles. The second-order valence-corrected chi connectivity index (χ2v) is 5.77. The minimum Gasteiger partial charge on any atom is -0.550 e.